The molecule has 4 atom stereocenters. The number of aryl methyl sites for hydroxylation is 2. The summed E-state index contributed by atoms with van der Waals surface area (Å²) < 4.78 is 12.3. The molecule has 4 N–H and O–H groups in total. The number of hydrogen-bond donors (Lipinski definition) is 4. The summed E-state index contributed by atoms with van der Waals surface area (Å²) in [7, 11) is 1.55. The summed E-state index contributed by atoms with van der Waals surface area (Å²) in [5.74, 6) is -1.05. The molecule has 3 aliphatic rings. The van der Waals surface area contributed by atoms with Crippen LogP contribution in [0.4, 0.5) is 10.8 Å². The van der Waals surface area contributed by atoms with Crippen molar-refractivity contribution in [1.29, 1.82) is 0 Å². The van der Waals surface area contributed by atoms with E-state index >= 15 is 0 Å². The number of anilines is 2. The Bertz CT molecular complexity index is 2970. The fourth-order valence-corrected chi connectivity index (χ4v) is 12.7. The van der Waals surface area contributed by atoms with Crippen LogP contribution in [0.1, 0.15) is 91.0 Å². The molecule has 2 aromatic heterocycles. The number of nitrogens with zero attached hydrogens (tertiary/aromatic N) is 7. The van der Waals surface area contributed by atoms with E-state index in [0.29, 0.717) is 61.3 Å². The molecule has 5 heterocycles. The van der Waals surface area contributed by atoms with E-state index in [4.69, 9.17) is 9.47 Å². The van der Waals surface area contributed by atoms with Gasteiger partial charge in [-0.3, -0.25) is 39.0 Å². The van der Waals surface area contributed by atoms with E-state index in [1.807, 2.05) is 108 Å². The van der Waals surface area contributed by atoms with Crippen LogP contribution < -0.4 is 25.6 Å². The number of thiazole rings is 2. The number of ether oxygens (including phenoxy) is 2. The number of piperazine rings is 2. The van der Waals surface area contributed by atoms with Crippen molar-refractivity contribution in [2.24, 2.45) is 5.41 Å². The smallest absolute Gasteiger partial charge is 0.257 e. The van der Waals surface area contributed by atoms with Crippen LogP contribution in [0.15, 0.2) is 81.5 Å². The summed E-state index contributed by atoms with van der Waals surface area (Å²) in [6, 6.07) is 17.0. The van der Waals surface area contributed by atoms with E-state index in [1.54, 1.807) is 34.4 Å². The van der Waals surface area contributed by atoms with Gasteiger partial charge in [-0.15, -0.1) is 11.3 Å². The Labute approximate surface area is 474 Å². The summed E-state index contributed by atoms with van der Waals surface area (Å²) in [5, 5.41) is 20.0. The third kappa shape index (κ3) is 14.9. The lowest BCUT2D eigenvalue weighted by Gasteiger charge is -2.36. The van der Waals surface area contributed by atoms with Crippen molar-refractivity contribution >= 4 is 80.7 Å². The van der Waals surface area contributed by atoms with Crippen molar-refractivity contribution < 1.29 is 43.3 Å². The molecule has 0 saturated carbocycles. The number of methoxy groups -OCH3 is 1. The summed E-state index contributed by atoms with van der Waals surface area (Å²) >= 11 is 4.38. The molecule has 5 aromatic rings. The maximum absolute atomic E-state index is 14.2. The Kier molecular flexibility index (Phi) is 19.5. The van der Waals surface area contributed by atoms with Gasteiger partial charge in [0.15, 0.2) is 5.13 Å². The zero-order valence-corrected chi connectivity index (χ0v) is 48.7. The molecule has 8 rings (SSSR count). The van der Waals surface area contributed by atoms with Gasteiger partial charge >= 0.3 is 0 Å². The minimum atomic E-state index is -0.935. The van der Waals surface area contributed by atoms with Gasteiger partial charge in [-0.05, 0) is 79.3 Å². The SMILES string of the molecule is COc1cc(C)c(Sc2cnc(NC(=O)c3ccc(N4CCN(CCOCCC(=O)NC(C(=O)N5C[C@H](O)C[C@H]5C(=O)N[C@@H](C)c5ccc(-c6scnc6C)cc5)C(C)(C)C)CC4)cc3)s2)cc1C(=O)N1CCN(C(C)=O)CC1. The van der Waals surface area contributed by atoms with E-state index in [9.17, 15) is 33.9 Å². The number of carbonyl (C=O) groups excluding carboxylic acids is 6. The first-order chi connectivity index (χ1) is 37.8. The minimum Gasteiger partial charge on any atom is -0.496 e. The van der Waals surface area contributed by atoms with Crippen LogP contribution in [0.5, 0.6) is 5.75 Å². The molecule has 3 aromatic carbocycles. The second-order valence-electron chi connectivity index (χ2n) is 21.3. The zero-order valence-electron chi connectivity index (χ0n) is 46.2. The first kappa shape index (κ1) is 58.7. The highest BCUT2D eigenvalue weighted by molar-refractivity contribution is 8.01. The van der Waals surface area contributed by atoms with Crippen molar-refractivity contribution in [3.05, 3.63) is 100 Å². The number of aliphatic hydroxyl groups excluding tert-OH is 1. The van der Waals surface area contributed by atoms with Crippen LogP contribution in [0, 0.1) is 19.3 Å². The number of rotatable bonds is 19. The Morgan fingerprint density at radius 2 is 1.57 bits per heavy atom. The van der Waals surface area contributed by atoms with E-state index in [0.717, 1.165) is 68.2 Å². The van der Waals surface area contributed by atoms with Gasteiger partial charge in [-0.1, -0.05) is 68.1 Å². The van der Waals surface area contributed by atoms with Crippen molar-refractivity contribution in [2.45, 2.75) is 94.6 Å². The Balaban J connectivity index is 0.739. The third-order valence-electron chi connectivity index (χ3n) is 14.6. The topological polar surface area (TPSA) is 219 Å². The van der Waals surface area contributed by atoms with Gasteiger partial charge in [0.05, 0.1) is 64.5 Å². The van der Waals surface area contributed by atoms with Crippen LogP contribution in [0.25, 0.3) is 10.4 Å². The fraction of sp³-hybridized carbons (Fsp3) is 0.474. The zero-order chi connectivity index (χ0) is 56.5. The molecule has 19 nitrogen and oxygen atoms in total. The molecule has 79 heavy (non-hydrogen) atoms. The second-order valence-corrected chi connectivity index (χ2v) is 24.5. The molecule has 3 fully saturated rings. The van der Waals surface area contributed by atoms with E-state index in [-0.39, 0.29) is 61.6 Å². The average molecular weight is 1140 g/mol. The summed E-state index contributed by atoms with van der Waals surface area (Å²) in [5.41, 5.74) is 6.94. The number of β-amino-alcohol motifs (C(OH)–C–C–N with tert-alkyl or cyclic N) is 1. The maximum Gasteiger partial charge on any atom is 0.257 e. The number of hydrogen-bond acceptors (Lipinski definition) is 16. The number of carbonyl (C=O) groups is 6. The lowest BCUT2D eigenvalue weighted by molar-refractivity contribution is -0.144. The molecular formula is C57H72N10O9S3. The van der Waals surface area contributed by atoms with Gasteiger partial charge in [0.1, 0.15) is 17.8 Å². The summed E-state index contributed by atoms with van der Waals surface area (Å²) in [6.45, 7) is 19.3. The number of benzene rings is 3. The molecule has 6 amide bonds. The predicted octanol–water partition coefficient (Wildman–Crippen LogP) is 6.50. The molecule has 0 aliphatic carbocycles. The van der Waals surface area contributed by atoms with Crippen LogP contribution in [-0.4, -0.2) is 174 Å². The lowest BCUT2D eigenvalue weighted by Crippen LogP contribution is -2.58. The molecule has 3 aliphatic heterocycles. The Morgan fingerprint density at radius 1 is 0.873 bits per heavy atom. The largest absolute Gasteiger partial charge is 0.496 e. The van der Waals surface area contributed by atoms with Gasteiger partial charge in [0.2, 0.25) is 23.6 Å². The average Bonchev–Trinajstić information content (AvgIpc) is 4.21. The first-order valence-corrected chi connectivity index (χ1v) is 29.2. The molecule has 0 bridgehead atoms. The summed E-state index contributed by atoms with van der Waals surface area (Å²) in [4.78, 5) is 100. The van der Waals surface area contributed by atoms with Gasteiger partial charge in [0, 0.05) is 101 Å². The molecule has 0 spiro atoms. The van der Waals surface area contributed by atoms with E-state index in [1.165, 1.54) is 34.9 Å². The highest BCUT2D eigenvalue weighted by Crippen LogP contribution is 2.39. The molecule has 0 radical (unpaired) electrons. The van der Waals surface area contributed by atoms with Gasteiger partial charge in [-0.25, -0.2) is 9.97 Å². The fourth-order valence-electron chi connectivity index (χ4n) is 9.91. The number of aromatic nitrogens is 2. The molecule has 422 valence electrons. The van der Waals surface area contributed by atoms with Crippen molar-refractivity contribution in [3.63, 3.8) is 0 Å². The summed E-state index contributed by atoms with van der Waals surface area (Å²) in [6.07, 6.45) is 0.980. The molecule has 3 saturated heterocycles. The quantitative estimate of drug-likeness (QED) is 0.0650. The minimum absolute atomic E-state index is 0.00134. The molecule has 1 unspecified atom stereocenters. The number of nitrogens with one attached hydrogen (secondary N) is 3. The van der Waals surface area contributed by atoms with Gasteiger partial charge in [0.25, 0.3) is 11.8 Å². The first-order valence-electron chi connectivity index (χ1n) is 26.7. The van der Waals surface area contributed by atoms with Crippen LogP contribution in [-0.2, 0) is 23.9 Å². The number of amides is 6. The Hall–Kier alpha value is -6.43. The second kappa shape index (κ2) is 26.2. The van der Waals surface area contributed by atoms with Crippen molar-refractivity contribution in [2.75, 3.05) is 96.0 Å². The molecule has 22 heteroatoms. The third-order valence-corrected chi connectivity index (χ3v) is 17.8. The number of likely N-dealkylation sites (tertiary alicyclic amines) is 1. The highest BCUT2D eigenvalue weighted by atomic mass is 32.2. The van der Waals surface area contributed by atoms with Crippen LogP contribution in [0.3, 0.4) is 0 Å². The monoisotopic (exact) mass is 1140 g/mol. The van der Waals surface area contributed by atoms with Crippen molar-refractivity contribution in [1.82, 2.24) is 40.2 Å². The lowest BCUT2D eigenvalue weighted by atomic mass is 9.85. The van der Waals surface area contributed by atoms with Crippen LogP contribution in [0.2, 0.25) is 0 Å². The molecular weight excluding hydrogens is 1060 g/mol. The maximum atomic E-state index is 14.2. The van der Waals surface area contributed by atoms with Gasteiger partial charge in [-0.2, -0.15) is 0 Å². The van der Waals surface area contributed by atoms with Crippen molar-refractivity contribution in [3.8, 4) is 16.2 Å². The van der Waals surface area contributed by atoms with E-state index < -0.39 is 29.5 Å². The number of aliphatic hydroxyl groups is 1. The van der Waals surface area contributed by atoms with E-state index in [2.05, 4.69) is 35.7 Å². The Morgan fingerprint density at radius 3 is 2.22 bits per heavy atom. The van der Waals surface area contributed by atoms with Crippen LogP contribution >= 0.6 is 34.4 Å². The normalized spacial score (nSPS) is 17.8. The highest BCUT2D eigenvalue weighted by Gasteiger charge is 2.45. The standard InChI is InChI=1S/C57H72N10O9S3/c1-35-29-46(75-8)44(54(73)66-24-22-64(23-25-66)38(4)68)31-47(35)78-49-32-58-56(79-49)62-52(71)41-13-15-42(16-14-41)65-20-18-63(19-21-65)26-28-76-27-17-48(70)61-51(57(5,6)7)55(74)67-33-43(69)30-45(67)53(72)60-36(2)39-9-11-40(12-10-39)50-37(3)59-34-77-50/h9-16,29,31-32,34,36,43,45,51,69H,17-28,30,33H2,1-8H3,(H,60,72)(H,61,70)(H,58,62,71)/t36-,43+,45-,51?/m0/s1. The van der Waals surface area contributed by atoms with Gasteiger partial charge < -0.3 is 44.8 Å². The predicted molar refractivity (Wildman–Crippen MR) is 307 cm³/mol.